The van der Waals surface area contributed by atoms with Crippen molar-refractivity contribution in [2.24, 2.45) is 0 Å². The normalized spacial score (nSPS) is 21.4. The van der Waals surface area contributed by atoms with Crippen LogP contribution in [0.4, 0.5) is 0 Å². The van der Waals surface area contributed by atoms with Crippen molar-refractivity contribution in [3.8, 4) is 0 Å². The van der Waals surface area contributed by atoms with Crippen molar-refractivity contribution < 1.29 is 42.8 Å². The Bertz CT molecular complexity index is 1150. The van der Waals surface area contributed by atoms with Gasteiger partial charge in [-0.1, -0.05) is 207 Å². The van der Waals surface area contributed by atoms with Crippen LogP contribution in [0.2, 0.25) is 0 Å². The van der Waals surface area contributed by atoms with Crippen molar-refractivity contribution in [2.45, 2.75) is 320 Å². The number of unbranched alkanes of at least 4 members (excludes halogenated alkanes) is 27. The standard InChI is InChI=1S/C55H100O9/c1-4-7-10-12-14-15-16-17-18-19-20-26-35-42-55(58)61-46(44-59-53(56)40-33-27-21-24-31-38-48-47(62-48)37-30-23-13-11-8-5-2)45-60-54(57)41-34-28-22-25-32-39-50-52(64-50)43-51-49(63-51)36-29-9-6-3/h46-52H,4-45H2,1-3H3. The van der Waals surface area contributed by atoms with E-state index in [4.69, 9.17) is 28.4 Å². The van der Waals surface area contributed by atoms with Gasteiger partial charge >= 0.3 is 17.9 Å². The molecule has 7 unspecified atom stereocenters. The lowest BCUT2D eigenvalue weighted by Gasteiger charge is -2.18. The van der Waals surface area contributed by atoms with Gasteiger partial charge in [0, 0.05) is 25.7 Å². The fourth-order valence-corrected chi connectivity index (χ4v) is 9.37. The van der Waals surface area contributed by atoms with Gasteiger partial charge in [0.1, 0.15) is 13.2 Å². The van der Waals surface area contributed by atoms with Gasteiger partial charge in [-0.3, -0.25) is 14.4 Å². The summed E-state index contributed by atoms with van der Waals surface area (Å²) in [5.74, 6) is -0.907. The van der Waals surface area contributed by atoms with Crippen molar-refractivity contribution >= 4 is 17.9 Å². The molecule has 3 heterocycles. The molecule has 0 bridgehead atoms. The van der Waals surface area contributed by atoms with Crippen molar-refractivity contribution in [3.63, 3.8) is 0 Å². The number of carbonyl (C=O) groups is 3. The topological polar surface area (TPSA) is 116 Å². The first-order chi connectivity index (χ1) is 31.4. The van der Waals surface area contributed by atoms with Crippen LogP contribution in [0.25, 0.3) is 0 Å². The van der Waals surface area contributed by atoms with E-state index < -0.39 is 6.10 Å². The Morgan fingerprint density at radius 1 is 0.344 bits per heavy atom. The fraction of sp³-hybridized carbons (Fsp3) is 0.945. The van der Waals surface area contributed by atoms with E-state index in [0.29, 0.717) is 55.9 Å². The molecule has 7 atom stereocenters. The Hall–Kier alpha value is -1.71. The van der Waals surface area contributed by atoms with Gasteiger partial charge in [-0.05, 0) is 44.9 Å². The molecule has 3 rings (SSSR count). The van der Waals surface area contributed by atoms with E-state index in [1.54, 1.807) is 0 Å². The lowest BCUT2D eigenvalue weighted by molar-refractivity contribution is -0.167. The SMILES string of the molecule is CCCCCCCCCCCCCCCC(=O)OC(COC(=O)CCCCCCCC1OC1CCCCCCCC)COC(=O)CCCCCCCC1OC1CC1OC1CCCCC. The molecular formula is C55H100O9. The number of rotatable bonds is 48. The van der Waals surface area contributed by atoms with Crippen LogP contribution in [0.3, 0.4) is 0 Å². The van der Waals surface area contributed by atoms with E-state index >= 15 is 0 Å². The van der Waals surface area contributed by atoms with Crippen LogP contribution in [0.1, 0.15) is 278 Å². The predicted octanol–water partition coefficient (Wildman–Crippen LogP) is 15.0. The summed E-state index contributed by atoms with van der Waals surface area (Å²) < 4.78 is 34.5. The molecule has 0 spiro atoms. The Balaban J connectivity index is 1.21. The van der Waals surface area contributed by atoms with E-state index in [-0.39, 0.29) is 31.1 Å². The molecule has 0 N–H and O–H groups in total. The highest BCUT2D eigenvalue weighted by Gasteiger charge is 2.47. The molecule has 374 valence electrons. The summed E-state index contributed by atoms with van der Waals surface area (Å²) in [6, 6.07) is 0. The zero-order valence-electron chi connectivity index (χ0n) is 41.9. The van der Waals surface area contributed by atoms with Gasteiger partial charge in [-0.2, -0.15) is 0 Å². The lowest BCUT2D eigenvalue weighted by Crippen LogP contribution is -2.30. The van der Waals surface area contributed by atoms with E-state index in [2.05, 4.69) is 20.8 Å². The van der Waals surface area contributed by atoms with Crippen molar-refractivity contribution in [1.29, 1.82) is 0 Å². The molecule has 3 saturated heterocycles. The highest BCUT2D eigenvalue weighted by Crippen LogP contribution is 2.39. The van der Waals surface area contributed by atoms with E-state index in [0.717, 1.165) is 96.3 Å². The molecule has 0 aromatic carbocycles. The fourth-order valence-electron chi connectivity index (χ4n) is 9.37. The first-order valence-electron chi connectivity index (χ1n) is 27.9. The summed E-state index contributed by atoms with van der Waals surface area (Å²) in [7, 11) is 0. The monoisotopic (exact) mass is 905 g/mol. The second kappa shape index (κ2) is 38.3. The molecule has 0 radical (unpaired) electrons. The largest absolute Gasteiger partial charge is 0.462 e. The molecule has 0 saturated carbocycles. The minimum Gasteiger partial charge on any atom is -0.462 e. The van der Waals surface area contributed by atoms with E-state index in [1.165, 1.54) is 141 Å². The van der Waals surface area contributed by atoms with Crippen LogP contribution >= 0.6 is 0 Å². The van der Waals surface area contributed by atoms with Crippen LogP contribution in [0.5, 0.6) is 0 Å². The smallest absolute Gasteiger partial charge is 0.306 e. The summed E-state index contributed by atoms with van der Waals surface area (Å²) in [6.45, 7) is 6.59. The zero-order valence-corrected chi connectivity index (χ0v) is 41.9. The van der Waals surface area contributed by atoms with Gasteiger partial charge in [0.05, 0.1) is 36.6 Å². The maximum Gasteiger partial charge on any atom is 0.306 e. The predicted molar refractivity (Wildman–Crippen MR) is 259 cm³/mol. The summed E-state index contributed by atoms with van der Waals surface area (Å²) in [6.07, 6.45) is 46.9. The summed E-state index contributed by atoms with van der Waals surface area (Å²) in [5.41, 5.74) is 0. The molecule has 3 aliphatic heterocycles. The van der Waals surface area contributed by atoms with Crippen molar-refractivity contribution in [1.82, 2.24) is 0 Å². The highest BCUT2D eigenvalue weighted by atomic mass is 16.6. The van der Waals surface area contributed by atoms with Gasteiger partial charge in [0.15, 0.2) is 6.10 Å². The number of hydrogen-bond donors (Lipinski definition) is 0. The van der Waals surface area contributed by atoms with Gasteiger partial charge in [-0.25, -0.2) is 0 Å². The molecule has 9 heteroatoms. The quantitative estimate of drug-likeness (QED) is 0.0255. The molecule has 0 amide bonds. The molecule has 3 fully saturated rings. The van der Waals surface area contributed by atoms with E-state index in [9.17, 15) is 14.4 Å². The molecule has 9 nitrogen and oxygen atoms in total. The third-order valence-corrected chi connectivity index (χ3v) is 13.8. The molecule has 0 aromatic heterocycles. The van der Waals surface area contributed by atoms with E-state index in [1.807, 2.05) is 0 Å². The van der Waals surface area contributed by atoms with Gasteiger partial charge < -0.3 is 28.4 Å². The molecule has 3 aliphatic rings. The number of ether oxygens (including phenoxy) is 6. The van der Waals surface area contributed by atoms with Crippen LogP contribution in [0, 0.1) is 0 Å². The van der Waals surface area contributed by atoms with Gasteiger partial charge in [-0.15, -0.1) is 0 Å². The molecule has 0 aromatic rings. The Kier molecular flexibility index (Phi) is 33.9. The number of esters is 3. The first-order valence-corrected chi connectivity index (χ1v) is 27.9. The van der Waals surface area contributed by atoms with Crippen LogP contribution in [-0.2, 0) is 42.8 Å². The Morgan fingerprint density at radius 2 is 0.609 bits per heavy atom. The number of hydrogen-bond acceptors (Lipinski definition) is 9. The summed E-state index contributed by atoms with van der Waals surface area (Å²) >= 11 is 0. The minimum absolute atomic E-state index is 0.0868. The highest BCUT2D eigenvalue weighted by molar-refractivity contribution is 5.71. The maximum atomic E-state index is 12.8. The Labute approximate surface area is 393 Å². The number of carbonyl (C=O) groups excluding carboxylic acids is 3. The second-order valence-corrected chi connectivity index (χ2v) is 20.0. The first kappa shape index (κ1) is 56.6. The third kappa shape index (κ3) is 31.3. The Morgan fingerprint density at radius 3 is 0.984 bits per heavy atom. The molecular weight excluding hydrogens is 805 g/mol. The lowest BCUT2D eigenvalue weighted by atomic mass is 10.0. The van der Waals surface area contributed by atoms with Crippen molar-refractivity contribution in [3.05, 3.63) is 0 Å². The van der Waals surface area contributed by atoms with Gasteiger partial charge in [0.2, 0.25) is 0 Å². The minimum atomic E-state index is -0.788. The average Bonchev–Trinajstić information content (AvgIpc) is 4.24. The molecule has 64 heavy (non-hydrogen) atoms. The number of epoxide rings is 3. The zero-order chi connectivity index (χ0) is 45.7. The van der Waals surface area contributed by atoms with Gasteiger partial charge in [0.25, 0.3) is 0 Å². The van der Waals surface area contributed by atoms with Crippen molar-refractivity contribution in [2.75, 3.05) is 13.2 Å². The van der Waals surface area contributed by atoms with Crippen LogP contribution in [0.15, 0.2) is 0 Å². The second-order valence-electron chi connectivity index (χ2n) is 20.0. The summed E-state index contributed by atoms with van der Waals surface area (Å²) in [5, 5.41) is 0. The maximum absolute atomic E-state index is 12.8. The molecule has 0 aliphatic carbocycles. The third-order valence-electron chi connectivity index (χ3n) is 13.8. The van der Waals surface area contributed by atoms with Crippen LogP contribution in [-0.4, -0.2) is 73.8 Å². The average molecular weight is 905 g/mol. The van der Waals surface area contributed by atoms with Crippen LogP contribution < -0.4 is 0 Å². The summed E-state index contributed by atoms with van der Waals surface area (Å²) in [4.78, 5) is 38.2.